The predicted molar refractivity (Wildman–Crippen MR) is 107 cm³/mol. The van der Waals surface area contributed by atoms with Crippen molar-refractivity contribution in [3.8, 4) is 5.75 Å². The summed E-state index contributed by atoms with van der Waals surface area (Å²) in [6.07, 6.45) is 0.426. The molecule has 2 aromatic carbocycles. The van der Waals surface area contributed by atoms with Gasteiger partial charge in [-0.15, -0.1) is 0 Å². The van der Waals surface area contributed by atoms with Gasteiger partial charge in [-0.1, -0.05) is 24.3 Å². The molecular weight excluding hydrogens is 404 g/mol. The van der Waals surface area contributed by atoms with E-state index in [-0.39, 0.29) is 42.3 Å². The Morgan fingerprint density at radius 2 is 1.61 bits per heavy atom. The minimum atomic E-state index is -0.785. The highest BCUT2D eigenvalue weighted by atomic mass is 16.5. The van der Waals surface area contributed by atoms with Crippen molar-refractivity contribution in [1.29, 1.82) is 0 Å². The van der Waals surface area contributed by atoms with Gasteiger partial charge in [-0.25, -0.2) is 4.79 Å². The number of benzene rings is 2. The number of imide groups is 2. The summed E-state index contributed by atoms with van der Waals surface area (Å²) in [5.74, 6) is -2.34. The van der Waals surface area contributed by atoms with Gasteiger partial charge >= 0.3 is 5.97 Å². The third kappa shape index (κ3) is 5.33. The number of hydrogen-bond donors (Lipinski definition) is 1. The number of nitrogens with one attached hydrogen (secondary N) is 1. The maximum atomic E-state index is 12.2. The zero-order valence-electron chi connectivity index (χ0n) is 16.8. The first kappa shape index (κ1) is 21.7. The van der Waals surface area contributed by atoms with Crippen LogP contribution in [0.4, 0.5) is 0 Å². The molecule has 0 saturated carbocycles. The SMILES string of the molecule is COc1ccccc1C(=O)NC(=O)COC(=O)c1ccc(CN2C(=O)CCC2=O)cc1. The highest BCUT2D eigenvalue weighted by molar-refractivity contribution is 6.07. The lowest BCUT2D eigenvalue weighted by Crippen LogP contribution is -2.34. The zero-order chi connectivity index (χ0) is 22.4. The number of ether oxygens (including phenoxy) is 2. The summed E-state index contributed by atoms with van der Waals surface area (Å²) >= 11 is 0. The molecule has 3 rings (SSSR count). The molecule has 1 N–H and O–H groups in total. The monoisotopic (exact) mass is 424 g/mol. The first-order valence-corrected chi connectivity index (χ1v) is 9.45. The van der Waals surface area contributed by atoms with E-state index in [9.17, 15) is 24.0 Å². The number of nitrogens with zero attached hydrogens (tertiary/aromatic N) is 1. The Morgan fingerprint density at radius 3 is 2.26 bits per heavy atom. The third-order valence-electron chi connectivity index (χ3n) is 4.62. The predicted octanol–water partition coefficient (Wildman–Crippen LogP) is 1.46. The van der Waals surface area contributed by atoms with E-state index >= 15 is 0 Å². The fourth-order valence-electron chi connectivity index (χ4n) is 3.00. The molecule has 31 heavy (non-hydrogen) atoms. The Kier molecular flexibility index (Phi) is 6.76. The van der Waals surface area contributed by atoms with Crippen molar-refractivity contribution in [3.63, 3.8) is 0 Å². The molecule has 160 valence electrons. The van der Waals surface area contributed by atoms with Crippen LogP contribution >= 0.6 is 0 Å². The molecule has 1 saturated heterocycles. The van der Waals surface area contributed by atoms with Gasteiger partial charge in [-0.2, -0.15) is 0 Å². The van der Waals surface area contributed by atoms with Crippen LogP contribution in [0.25, 0.3) is 0 Å². The number of likely N-dealkylation sites (tertiary alicyclic amines) is 1. The maximum Gasteiger partial charge on any atom is 0.338 e. The Hall–Kier alpha value is -4.01. The third-order valence-corrected chi connectivity index (χ3v) is 4.62. The largest absolute Gasteiger partial charge is 0.496 e. The summed E-state index contributed by atoms with van der Waals surface area (Å²) in [4.78, 5) is 60.8. The van der Waals surface area contributed by atoms with Gasteiger partial charge < -0.3 is 9.47 Å². The fraction of sp³-hybridized carbons (Fsp3) is 0.227. The van der Waals surface area contributed by atoms with Gasteiger partial charge in [0.25, 0.3) is 11.8 Å². The average Bonchev–Trinajstić information content (AvgIpc) is 3.10. The molecule has 0 aliphatic carbocycles. The molecule has 0 atom stereocenters. The van der Waals surface area contributed by atoms with Crippen LogP contribution in [0.15, 0.2) is 48.5 Å². The van der Waals surface area contributed by atoms with Gasteiger partial charge in [0, 0.05) is 12.8 Å². The molecule has 1 aliphatic rings. The van der Waals surface area contributed by atoms with Crippen molar-refractivity contribution >= 4 is 29.6 Å². The topological polar surface area (TPSA) is 119 Å². The highest BCUT2D eigenvalue weighted by Crippen LogP contribution is 2.17. The summed E-state index contributed by atoms with van der Waals surface area (Å²) in [6.45, 7) is -0.501. The summed E-state index contributed by atoms with van der Waals surface area (Å²) in [5, 5.41) is 2.13. The van der Waals surface area contributed by atoms with Gasteiger partial charge in [0.2, 0.25) is 11.8 Å². The van der Waals surface area contributed by atoms with Crippen LogP contribution in [0.3, 0.4) is 0 Å². The lowest BCUT2D eigenvalue weighted by Gasteiger charge is -2.13. The molecular formula is C22H20N2O7. The number of carbonyl (C=O) groups is 5. The van der Waals surface area contributed by atoms with E-state index in [0.29, 0.717) is 11.3 Å². The number of rotatable bonds is 7. The molecule has 9 nitrogen and oxygen atoms in total. The van der Waals surface area contributed by atoms with Crippen LogP contribution in [-0.2, 0) is 25.7 Å². The molecule has 0 spiro atoms. The first-order valence-electron chi connectivity index (χ1n) is 9.45. The summed E-state index contributed by atoms with van der Waals surface area (Å²) in [5.41, 5.74) is 1.04. The van der Waals surface area contributed by atoms with Gasteiger partial charge in [0.05, 0.1) is 24.8 Å². The molecule has 4 amide bonds. The lowest BCUT2D eigenvalue weighted by atomic mass is 10.1. The molecule has 1 aliphatic heterocycles. The van der Waals surface area contributed by atoms with Gasteiger partial charge in [-0.05, 0) is 29.8 Å². The second-order valence-corrected chi connectivity index (χ2v) is 6.72. The smallest absolute Gasteiger partial charge is 0.338 e. The molecule has 1 heterocycles. The van der Waals surface area contributed by atoms with E-state index in [1.807, 2.05) is 0 Å². The summed E-state index contributed by atoms with van der Waals surface area (Å²) < 4.78 is 10.0. The molecule has 0 radical (unpaired) electrons. The average molecular weight is 424 g/mol. The molecule has 2 aromatic rings. The first-order chi connectivity index (χ1) is 14.9. The molecule has 9 heteroatoms. The minimum Gasteiger partial charge on any atom is -0.496 e. The van der Waals surface area contributed by atoms with Crippen LogP contribution in [0.1, 0.15) is 39.1 Å². The van der Waals surface area contributed by atoms with Gasteiger partial charge in [0.15, 0.2) is 6.61 Å². The van der Waals surface area contributed by atoms with Crippen LogP contribution in [0, 0.1) is 0 Å². The Bertz CT molecular complexity index is 1010. The number of hydrogen-bond acceptors (Lipinski definition) is 7. The summed E-state index contributed by atoms with van der Waals surface area (Å²) in [7, 11) is 1.40. The summed E-state index contributed by atoms with van der Waals surface area (Å²) in [6, 6.07) is 12.5. The van der Waals surface area contributed by atoms with Crippen molar-refractivity contribution in [2.75, 3.05) is 13.7 Å². The zero-order valence-corrected chi connectivity index (χ0v) is 16.8. The molecule has 0 bridgehead atoms. The van der Waals surface area contributed by atoms with Crippen molar-refractivity contribution in [1.82, 2.24) is 10.2 Å². The van der Waals surface area contributed by atoms with Gasteiger partial charge in [0.1, 0.15) is 5.75 Å². The number of para-hydroxylation sites is 1. The van der Waals surface area contributed by atoms with Crippen LogP contribution in [0.5, 0.6) is 5.75 Å². The van der Waals surface area contributed by atoms with Crippen LogP contribution in [0.2, 0.25) is 0 Å². The van der Waals surface area contributed by atoms with E-state index in [1.165, 1.54) is 30.2 Å². The molecule has 0 aromatic heterocycles. The van der Waals surface area contributed by atoms with Crippen molar-refractivity contribution in [3.05, 3.63) is 65.2 Å². The Morgan fingerprint density at radius 1 is 0.968 bits per heavy atom. The quantitative estimate of drug-likeness (QED) is 0.528. The van der Waals surface area contributed by atoms with Crippen LogP contribution < -0.4 is 10.1 Å². The van der Waals surface area contributed by atoms with E-state index in [1.54, 1.807) is 30.3 Å². The highest BCUT2D eigenvalue weighted by Gasteiger charge is 2.28. The van der Waals surface area contributed by atoms with Gasteiger partial charge in [-0.3, -0.25) is 29.4 Å². The van der Waals surface area contributed by atoms with E-state index in [4.69, 9.17) is 9.47 Å². The second-order valence-electron chi connectivity index (χ2n) is 6.72. The van der Waals surface area contributed by atoms with E-state index < -0.39 is 24.4 Å². The maximum absolute atomic E-state index is 12.2. The molecule has 1 fully saturated rings. The number of esters is 1. The Labute approximate surface area is 177 Å². The Balaban J connectivity index is 1.51. The number of carbonyl (C=O) groups excluding carboxylic acids is 5. The fourth-order valence-corrected chi connectivity index (χ4v) is 3.00. The van der Waals surface area contributed by atoms with Crippen molar-refractivity contribution in [2.45, 2.75) is 19.4 Å². The van der Waals surface area contributed by atoms with E-state index in [2.05, 4.69) is 5.32 Å². The number of methoxy groups -OCH3 is 1. The minimum absolute atomic E-state index is 0.139. The number of amides is 4. The second kappa shape index (κ2) is 9.66. The van der Waals surface area contributed by atoms with E-state index in [0.717, 1.165) is 0 Å². The van der Waals surface area contributed by atoms with Crippen molar-refractivity contribution < 1.29 is 33.4 Å². The van der Waals surface area contributed by atoms with Crippen LogP contribution in [-0.4, -0.2) is 48.2 Å². The standard InChI is InChI=1S/C22H20N2O7/c1-30-17-5-3-2-4-16(17)21(28)23-18(25)13-31-22(29)15-8-6-14(7-9-15)12-24-19(26)10-11-20(24)27/h2-9H,10-13H2,1H3,(H,23,25,28). The molecule has 0 unspecified atom stereocenters. The van der Waals surface area contributed by atoms with Crippen molar-refractivity contribution in [2.24, 2.45) is 0 Å². The lowest BCUT2D eigenvalue weighted by molar-refractivity contribution is -0.139. The normalized spacial score (nSPS) is 13.1.